The number of rotatable bonds is 4. The minimum absolute atomic E-state index is 0.0338. The van der Waals surface area contributed by atoms with E-state index in [0.717, 1.165) is 0 Å². The Kier molecular flexibility index (Phi) is 5.17. The summed E-state index contributed by atoms with van der Waals surface area (Å²) in [5, 5.41) is 13.9. The van der Waals surface area contributed by atoms with Gasteiger partial charge in [-0.1, -0.05) is 23.2 Å². The van der Waals surface area contributed by atoms with Gasteiger partial charge in [-0.05, 0) is 12.1 Å². The number of ether oxygens (including phenoxy) is 2. The third-order valence-corrected chi connectivity index (χ3v) is 4.08. The highest BCUT2D eigenvalue weighted by molar-refractivity contribution is 6.34. The zero-order valence-electron chi connectivity index (χ0n) is 13.8. The van der Waals surface area contributed by atoms with Gasteiger partial charge >= 0.3 is 0 Å². The molecule has 1 amide bonds. The topological polar surface area (TPSA) is 90.3 Å². The number of aromatic nitrogens is 3. The zero-order chi connectivity index (χ0) is 18.8. The van der Waals surface area contributed by atoms with Crippen LogP contribution in [-0.2, 0) is 11.3 Å². The first-order chi connectivity index (χ1) is 12.4. The Balaban J connectivity index is 2.16. The van der Waals surface area contributed by atoms with Crippen LogP contribution in [0.15, 0.2) is 35.6 Å². The molecule has 0 atom stereocenters. The first kappa shape index (κ1) is 18.2. The summed E-state index contributed by atoms with van der Waals surface area (Å²) >= 11 is 12.0. The van der Waals surface area contributed by atoms with Crippen molar-refractivity contribution >= 4 is 34.6 Å². The molecule has 26 heavy (non-hydrogen) atoms. The van der Waals surface area contributed by atoms with Gasteiger partial charge in [-0.2, -0.15) is 14.3 Å². The first-order valence-corrected chi connectivity index (χ1v) is 8.10. The lowest BCUT2D eigenvalue weighted by Gasteiger charge is -2.06. The first-order valence-electron chi connectivity index (χ1n) is 7.34. The summed E-state index contributed by atoms with van der Waals surface area (Å²) in [7, 11) is 3.06. The summed E-state index contributed by atoms with van der Waals surface area (Å²) in [5.74, 6) is -0.114. The van der Waals surface area contributed by atoms with Gasteiger partial charge in [0.25, 0.3) is 5.91 Å². The summed E-state index contributed by atoms with van der Waals surface area (Å²) in [6.45, 7) is 0.280. The van der Waals surface area contributed by atoms with Crippen LogP contribution in [0.5, 0.6) is 5.88 Å². The number of fused-ring (bicyclic) bond motifs is 1. The number of pyridine rings is 2. The van der Waals surface area contributed by atoms with E-state index in [1.54, 1.807) is 25.3 Å². The molecule has 3 heterocycles. The molecule has 3 aromatic heterocycles. The lowest BCUT2D eigenvalue weighted by Crippen LogP contribution is -2.13. The highest BCUT2D eigenvalue weighted by Crippen LogP contribution is 2.21. The molecule has 0 aliphatic carbocycles. The molecule has 136 valence electrons. The molecule has 0 aromatic carbocycles. The number of hydrogen-bond acceptors (Lipinski definition) is 5. The van der Waals surface area contributed by atoms with Gasteiger partial charge in [0, 0.05) is 13.2 Å². The number of carbonyl (C=O) groups is 1. The molecule has 10 heteroatoms. The van der Waals surface area contributed by atoms with Crippen LogP contribution in [0.1, 0.15) is 16.1 Å². The highest BCUT2D eigenvalue weighted by Gasteiger charge is 2.16. The molecular weight excluding hydrogens is 383 g/mol. The quantitative estimate of drug-likeness (QED) is 0.684. The molecule has 0 saturated heterocycles. The second-order valence-electron chi connectivity index (χ2n) is 5.25. The molecule has 8 nitrogen and oxygen atoms in total. The smallest absolute Gasteiger partial charge is 0.279 e. The van der Waals surface area contributed by atoms with Crippen LogP contribution >= 0.6 is 23.2 Å². The molecule has 0 aliphatic heterocycles. The molecular formula is C16H14Cl2N4O4. The van der Waals surface area contributed by atoms with Gasteiger partial charge in [-0.3, -0.25) is 4.79 Å². The Labute approximate surface area is 157 Å². The predicted octanol–water partition coefficient (Wildman–Crippen LogP) is 2.58. The fourth-order valence-corrected chi connectivity index (χ4v) is 2.97. The van der Waals surface area contributed by atoms with Gasteiger partial charge in [0.1, 0.15) is 5.36 Å². The number of halogens is 2. The fraction of sp³-hybridized carbons (Fsp3) is 0.188. The monoisotopic (exact) mass is 396 g/mol. The number of nitrogens with zero attached hydrogens (tertiary/aromatic N) is 4. The maximum atomic E-state index is 12.7. The summed E-state index contributed by atoms with van der Waals surface area (Å²) in [4.78, 5) is 16.7. The Morgan fingerprint density at radius 2 is 1.96 bits per heavy atom. The van der Waals surface area contributed by atoms with Crippen LogP contribution < -0.4 is 10.1 Å². The molecule has 0 radical (unpaired) electrons. The van der Waals surface area contributed by atoms with Gasteiger partial charge in [0.05, 0.1) is 52.9 Å². The van der Waals surface area contributed by atoms with E-state index >= 15 is 0 Å². The maximum Gasteiger partial charge on any atom is 0.279 e. The summed E-state index contributed by atoms with van der Waals surface area (Å²) in [6.07, 6.45) is 2.36. The lowest BCUT2D eigenvalue weighted by molar-refractivity contribution is 0.0999. The van der Waals surface area contributed by atoms with Crippen LogP contribution in [0.2, 0.25) is 10.0 Å². The van der Waals surface area contributed by atoms with E-state index in [9.17, 15) is 10.0 Å². The van der Waals surface area contributed by atoms with Crippen molar-refractivity contribution in [1.82, 2.24) is 14.3 Å². The Morgan fingerprint density at radius 3 is 2.58 bits per heavy atom. The standard InChI is InChI=1S/C16H14Cl2N4O4/c1-25-8-9-5-13-10(3-4-14(26-2)22(13)20-9)16(23)19-15-11(17)6-21(24)7-12(15)18/h3-7,24H,8H2,1-2H3. The molecule has 0 fully saturated rings. The molecule has 3 rings (SSSR count). The van der Waals surface area contributed by atoms with Crippen molar-refractivity contribution < 1.29 is 19.5 Å². The fourth-order valence-electron chi connectivity index (χ4n) is 2.43. The van der Waals surface area contributed by atoms with Gasteiger partial charge in [-0.25, -0.2) is 4.99 Å². The van der Waals surface area contributed by atoms with E-state index < -0.39 is 5.91 Å². The van der Waals surface area contributed by atoms with E-state index in [2.05, 4.69) is 10.1 Å². The summed E-state index contributed by atoms with van der Waals surface area (Å²) < 4.78 is 12.5. The predicted molar refractivity (Wildman–Crippen MR) is 94.0 cm³/mol. The van der Waals surface area contributed by atoms with Gasteiger partial charge < -0.3 is 14.7 Å². The molecule has 0 aliphatic rings. The van der Waals surface area contributed by atoms with Crippen molar-refractivity contribution in [1.29, 1.82) is 0 Å². The zero-order valence-corrected chi connectivity index (χ0v) is 15.3. The maximum absolute atomic E-state index is 12.7. The molecule has 0 spiro atoms. The van der Waals surface area contributed by atoms with Gasteiger partial charge in [0.15, 0.2) is 0 Å². The van der Waals surface area contributed by atoms with Crippen LogP contribution in [0.25, 0.3) is 5.52 Å². The summed E-state index contributed by atoms with van der Waals surface area (Å²) in [6, 6.07) is 4.90. The van der Waals surface area contributed by atoms with E-state index in [0.29, 0.717) is 21.8 Å². The van der Waals surface area contributed by atoms with Crippen molar-refractivity contribution in [2.75, 3.05) is 14.2 Å². The van der Waals surface area contributed by atoms with Crippen LogP contribution in [0.4, 0.5) is 0 Å². The second kappa shape index (κ2) is 7.36. The Hall–Kier alpha value is -2.55. The van der Waals surface area contributed by atoms with Crippen molar-refractivity contribution in [2.45, 2.75) is 6.61 Å². The van der Waals surface area contributed by atoms with E-state index in [1.807, 2.05) is 0 Å². The SMILES string of the molecule is COCc1cc2c(C(=O)N=c3c(Cl)cn(O)cc3Cl)ccc(OC)n2n1. The minimum Gasteiger partial charge on any atom is -0.481 e. The number of hydrogen-bond donors (Lipinski definition) is 1. The van der Waals surface area contributed by atoms with E-state index in [-0.39, 0.29) is 27.6 Å². The number of amides is 1. The molecule has 1 N–H and O–H groups in total. The van der Waals surface area contributed by atoms with Crippen molar-refractivity contribution in [2.24, 2.45) is 4.99 Å². The van der Waals surface area contributed by atoms with Crippen molar-refractivity contribution in [3.05, 3.63) is 57.3 Å². The largest absolute Gasteiger partial charge is 0.481 e. The number of methoxy groups -OCH3 is 2. The summed E-state index contributed by atoms with van der Waals surface area (Å²) in [5.41, 5.74) is 1.42. The van der Waals surface area contributed by atoms with Gasteiger partial charge in [0.2, 0.25) is 5.88 Å². The number of carbonyl (C=O) groups excluding carboxylic acids is 1. The minimum atomic E-state index is -0.569. The van der Waals surface area contributed by atoms with E-state index in [1.165, 1.54) is 24.0 Å². The van der Waals surface area contributed by atoms with Crippen LogP contribution in [0.3, 0.4) is 0 Å². The normalized spacial score (nSPS) is 10.9. The Bertz CT molecular complexity index is 1030. The second-order valence-corrected chi connectivity index (χ2v) is 6.07. The van der Waals surface area contributed by atoms with Crippen molar-refractivity contribution in [3.63, 3.8) is 0 Å². The molecule has 0 unspecified atom stereocenters. The molecule has 3 aromatic rings. The lowest BCUT2D eigenvalue weighted by atomic mass is 10.2. The van der Waals surface area contributed by atoms with Gasteiger partial charge in [-0.15, -0.1) is 0 Å². The van der Waals surface area contributed by atoms with E-state index in [4.69, 9.17) is 32.7 Å². The molecule has 0 bridgehead atoms. The average Bonchev–Trinajstić information content (AvgIpc) is 3.00. The third-order valence-electron chi connectivity index (χ3n) is 3.53. The highest BCUT2D eigenvalue weighted by atomic mass is 35.5. The average molecular weight is 397 g/mol. The van der Waals surface area contributed by atoms with Crippen LogP contribution in [0, 0.1) is 0 Å². The Morgan fingerprint density at radius 1 is 1.27 bits per heavy atom. The van der Waals surface area contributed by atoms with Crippen molar-refractivity contribution in [3.8, 4) is 5.88 Å². The van der Waals surface area contributed by atoms with Crippen LogP contribution in [-0.4, -0.2) is 39.7 Å². The third kappa shape index (κ3) is 3.39. The molecule has 0 saturated carbocycles.